The van der Waals surface area contributed by atoms with Crippen molar-refractivity contribution in [2.45, 2.75) is 33.7 Å². The number of carbonyl (C=O) groups is 1. The van der Waals surface area contributed by atoms with Crippen LogP contribution in [0.2, 0.25) is 0 Å². The first kappa shape index (κ1) is 15.0. The van der Waals surface area contributed by atoms with Crippen molar-refractivity contribution in [3.8, 4) is 0 Å². The molecule has 0 radical (unpaired) electrons. The molecule has 1 aromatic heterocycles. The molecule has 2 rings (SSSR count). The number of amides is 1. The van der Waals surface area contributed by atoms with Gasteiger partial charge in [0.05, 0.1) is 11.4 Å². The zero-order chi connectivity index (χ0) is 15.6. The first-order valence-corrected chi connectivity index (χ1v) is 6.80. The molecule has 21 heavy (non-hydrogen) atoms. The Morgan fingerprint density at radius 1 is 1.43 bits per heavy atom. The van der Waals surface area contributed by atoms with Gasteiger partial charge in [0, 0.05) is 11.4 Å². The molecular formula is C15H19FN4O. The van der Waals surface area contributed by atoms with E-state index >= 15 is 0 Å². The lowest BCUT2D eigenvalue weighted by molar-refractivity contribution is -0.116. The summed E-state index contributed by atoms with van der Waals surface area (Å²) >= 11 is 0. The van der Waals surface area contributed by atoms with E-state index in [2.05, 4.69) is 17.3 Å². The van der Waals surface area contributed by atoms with Crippen LogP contribution >= 0.6 is 0 Å². The molecule has 1 aromatic carbocycles. The monoisotopic (exact) mass is 290 g/mol. The van der Waals surface area contributed by atoms with Crippen LogP contribution in [0.3, 0.4) is 0 Å². The number of aryl methyl sites for hydroxylation is 1. The van der Waals surface area contributed by atoms with Gasteiger partial charge in [-0.25, -0.2) is 4.39 Å². The quantitative estimate of drug-likeness (QED) is 0.849. The Morgan fingerprint density at radius 3 is 2.71 bits per heavy atom. The molecule has 0 saturated carbocycles. The van der Waals surface area contributed by atoms with Crippen LogP contribution in [-0.2, 0) is 17.8 Å². The van der Waals surface area contributed by atoms with E-state index in [1.165, 1.54) is 18.2 Å². The second-order valence-electron chi connectivity index (χ2n) is 4.95. The summed E-state index contributed by atoms with van der Waals surface area (Å²) in [6.07, 6.45) is 0.883. The Kier molecular flexibility index (Phi) is 4.26. The van der Waals surface area contributed by atoms with Crippen LogP contribution in [0.15, 0.2) is 18.2 Å². The minimum Gasteiger partial charge on any atom is -0.396 e. The molecule has 5 nitrogen and oxygen atoms in total. The first-order chi connectivity index (χ1) is 9.92. The van der Waals surface area contributed by atoms with Crippen LogP contribution < -0.4 is 11.1 Å². The third kappa shape index (κ3) is 3.21. The van der Waals surface area contributed by atoms with Gasteiger partial charge in [-0.3, -0.25) is 9.48 Å². The van der Waals surface area contributed by atoms with E-state index in [-0.39, 0.29) is 18.1 Å². The van der Waals surface area contributed by atoms with Crippen molar-refractivity contribution >= 4 is 17.3 Å². The van der Waals surface area contributed by atoms with E-state index in [1.807, 2.05) is 13.8 Å². The Morgan fingerprint density at radius 2 is 2.14 bits per heavy atom. The lowest BCUT2D eigenvalue weighted by Crippen LogP contribution is -2.20. The first-order valence-electron chi connectivity index (χ1n) is 6.80. The minimum absolute atomic E-state index is 0.00665. The fraction of sp³-hybridized carbons (Fsp3) is 0.333. The standard InChI is InChI=1S/C15H19FN4O/c1-4-12-9(2)19-20(10(12)3)8-15(21)18-11-5-6-13(16)14(17)7-11/h5-7H,4,8,17H2,1-3H3,(H,18,21). The number of nitrogens with two attached hydrogens (primary N) is 1. The molecule has 3 N–H and O–H groups in total. The van der Waals surface area contributed by atoms with Crippen LogP contribution in [0, 0.1) is 19.7 Å². The van der Waals surface area contributed by atoms with E-state index in [0.29, 0.717) is 5.69 Å². The topological polar surface area (TPSA) is 72.9 Å². The van der Waals surface area contributed by atoms with E-state index in [9.17, 15) is 9.18 Å². The van der Waals surface area contributed by atoms with Gasteiger partial charge >= 0.3 is 0 Å². The zero-order valence-electron chi connectivity index (χ0n) is 12.4. The van der Waals surface area contributed by atoms with Crippen molar-refractivity contribution < 1.29 is 9.18 Å². The summed E-state index contributed by atoms with van der Waals surface area (Å²) in [5, 5.41) is 7.05. The SMILES string of the molecule is CCc1c(C)nn(CC(=O)Nc2ccc(F)c(N)c2)c1C. The highest BCUT2D eigenvalue weighted by Crippen LogP contribution is 2.17. The van der Waals surface area contributed by atoms with E-state index in [0.717, 1.165) is 23.4 Å². The van der Waals surface area contributed by atoms with Crippen molar-refractivity contribution in [3.05, 3.63) is 41.0 Å². The molecule has 0 fully saturated rings. The van der Waals surface area contributed by atoms with Gasteiger partial charge in [0.15, 0.2) is 0 Å². The molecule has 0 aliphatic heterocycles. The molecule has 0 aliphatic carbocycles. The predicted octanol–water partition coefficient (Wildman–Crippen LogP) is 2.42. The van der Waals surface area contributed by atoms with Crippen LogP contribution in [0.4, 0.5) is 15.8 Å². The summed E-state index contributed by atoms with van der Waals surface area (Å²) in [5.74, 6) is -0.728. The van der Waals surface area contributed by atoms with E-state index in [1.54, 1.807) is 4.68 Å². The maximum absolute atomic E-state index is 13.1. The van der Waals surface area contributed by atoms with Crippen molar-refractivity contribution in [1.82, 2.24) is 9.78 Å². The second-order valence-corrected chi connectivity index (χ2v) is 4.95. The van der Waals surface area contributed by atoms with Gasteiger partial charge in [-0.05, 0) is 44.0 Å². The molecule has 0 atom stereocenters. The van der Waals surface area contributed by atoms with Crippen LogP contribution in [0.5, 0.6) is 0 Å². The number of aromatic nitrogens is 2. The number of halogens is 1. The van der Waals surface area contributed by atoms with Crippen LogP contribution in [-0.4, -0.2) is 15.7 Å². The molecule has 0 unspecified atom stereocenters. The Hall–Kier alpha value is -2.37. The summed E-state index contributed by atoms with van der Waals surface area (Å²) in [6, 6.07) is 4.09. The van der Waals surface area contributed by atoms with Gasteiger partial charge < -0.3 is 11.1 Å². The molecule has 0 saturated heterocycles. The van der Waals surface area contributed by atoms with Crippen molar-refractivity contribution in [3.63, 3.8) is 0 Å². The summed E-state index contributed by atoms with van der Waals surface area (Å²) in [7, 11) is 0. The predicted molar refractivity (Wildman–Crippen MR) is 80.5 cm³/mol. The van der Waals surface area contributed by atoms with Gasteiger partial charge in [-0.1, -0.05) is 6.92 Å². The van der Waals surface area contributed by atoms with Gasteiger partial charge in [0.1, 0.15) is 12.4 Å². The lowest BCUT2D eigenvalue weighted by Gasteiger charge is -2.08. The van der Waals surface area contributed by atoms with Crippen LogP contribution in [0.25, 0.3) is 0 Å². The number of nitrogens with zero attached hydrogens (tertiary/aromatic N) is 2. The number of anilines is 2. The van der Waals surface area contributed by atoms with Crippen molar-refractivity contribution in [2.75, 3.05) is 11.1 Å². The molecule has 1 amide bonds. The Balaban J connectivity index is 2.10. The lowest BCUT2D eigenvalue weighted by atomic mass is 10.1. The Labute approximate surface area is 123 Å². The average molecular weight is 290 g/mol. The second kappa shape index (κ2) is 5.95. The fourth-order valence-electron chi connectivity index (χ4n) is 2.36. The van der Waals surface area contributed by atoms with Crippen LogP contribution in [0.1, 0.15) is 23.9 Å². The molecule has 2 aromatic rings. The summed E-state index contributed by atoms with van der Waals surface area (Å²) in [6.45, 7) is 6.05. The number of nitrogen functional groups attached to an aromatic ring is 1. The zero-order valence-corrected chi connectivity index (χ0v) is 12.4. The van der Waals surface area contributed by atoms with E-state index in [4.69, 9.17) is 5.73 Å². The largest absolute Gasteiger partial charge is 0.396 e. The highest BCUT2D eigenvalue weighted by Gasteiger charge is 2.12. The maximum atomic E-state index is 13.1. The number of carbonyl (C=O) groups excluding carboxylic acids is 1. The molecule has 0 spiro atoms. The fourth-order valence-corrected chi connectivity index (χ4v) is 2.36. The molecular weight excluding hydrogens is 271 g/mol. The highest BCUT2D eigenvalue weighted by molar-refractivity contribution is 5.91. The number of hydrogen-bond acceptors (Lipinski definition) is 3. The molecule has 0 aliphatic rings. The third-order valence-corrected chi connectivity index (χ3v) is 3.46. The van der Waals surface area contributed by atoms with Crippen molar-refractivity contribution in [1.29, 1.82) is 0 Å². The maximum Gasteiger partial charge on any atom is 0.246 e. The highest BCUT2D eigenvalue weighted by atomic mass is 19.1. The van der Waals surface area contributed by atoms with Crippen molar-refractivity contribution in [2.24, 2.45) is 0 Å². The number of hydrogen-bond donors (Lipinski definition) is 2. The third-order valence-electron chi connectivity index (χ3n) is 3.46. The molecule has 112 valence electrons. The van der Waals surface area contributed by atoms with Gasteiger partial charge in [0.25, 0.3) is 0 Å². The molecule has 6 heteroatoms. The molecule has 0 bridgehead atoms. The number of benzene rings is 1. The average Bonchev–Trinajstić information content (AvgIpc) is 2.68. The van der Waals surface area contributed by atoms with Gasteiger partial charge in [-0.2, -0.15) is 5.10 Å². The Bertz CT molecular complexity index is 679. The number of rotatable bonds is 4. The van der Waals surface area contributed by atoms with Gasteiger partial charge in [-0.15, -0.1) is 0 Å². The number of nitrogens with one attached hydrogen (secondary N) is 1. The summed E-state index contributed by atoms with van der Waals surface area (Å²) < 4.78 is 14.7. The normalized spacial score (nSPS) is 10.7. The smallest absolute Gasteiger partial charge is 0.246 e. The summed E-state index contributed by atoms with van der Waals surface area (Å²) in [5.41, 5.74) is 9.03. The van der Waals surface area contributed by atoms with E-state index < -0.39 is 5.82 Å². The molecule has 1 heterocycles. The summed E-state index contributed by atoms with van der Waals surface area (Å²) in [4.78, 5) is 12.0. The van der Waals surface area contributed by atoms with Gasteiger partial charge in [0.2, 0.25) is 5.91 Å². The minimum atomic E-state index is -0.501.